The Morgan fingerprint density at radius 3 is 2.94 bits per heavy atom. The number of methoxy groups -OCH3 is 1. The van der Waals surface area contributed by atoms with Crippen molar-refractivity contribution in [1.29, 1.82) is 0 Å². The first-order valence-electron chi connectivity index (χ1n) is 6.42. The second-order valence-corrected chi connectivity index (χ2v) is 5.25. The zero-order valence-electron chi connectivity index (χ0n) is 10.3. The zero-order valence-corrected chi connectivity index (χ0v) is 10.3. The highest BCUT2D eigenvalue weighted by Crippen LogP contribution is 2.45. The molecule has 3 aliphatic rings. The predicted molar refractivity (Wildman–Crippen MR) is 69.4 cm³/mol. The summed E-state index contributed by atoms with van der Waals surface area (Å²) in [6.07, 6.45) is 2.75. The van der Waals surface area contributed by atoms with E-state index in [1.807, 2.05) is 6.07 Å². The standard InChI is InChI=1S/C14H20N2O/c1-17-13-4-2-3-12(7-13)16-9-10-5-11(6-10)14(16)8-15/h2-4,7,10-11,14H,5-6,8-9,15H2,1H3. The molecule has 2 saturated heterocycles. The second-order valence-electron chi connectivity index (χ2n) is 5.25. The molecule has 2 heterocycles. The monoisotopic (exact) mass is 232 g/mol. The van der Waals surface area contributed by atoms with Crippen LogP contribution in [0.1, 0.15) is 12.8 Å². The number of anilines is 1. The number of benzene rings is 1. The lowest BCUT2D eigenvalue weighted by atomic mass is 9.66. The number of ether oxygens (including phenoxy) is 1. The molecule has 0 radical (unpaired) electrons. The number of nitrogens with zero attached hydrogens (tertiary/aromatic N) is 1. The number of nitrogens with two attached hydrogens (primary N) is 1. The summed E-state index contributed by atoms with van der Waals surface area (Å²) in [5, 5.41) is 0. The number of hydrogen-bond donors (Lipinski definition) is 1. The number of rotatable bonds is 3. The molecule has 3 heteroatoms. The van der Waals surface area contributed by atoms with Gasteiger partial charge in [0.05, 0.1) is 7.11 Å². The molecule has 2 bridgehead atoms. The van der Waals surface area contributed by atoms with Crippen molar-refractivity contribution in [2.24, 2.45) is 17.6 Å². The molecule has 1 atom stereocenters. The summed E-state index contributed by atoms with van der Waals surface area (Å²) in [7, 11) is 1.72. The van der Waals surface area contributed by atoms with Crippen LogP contribution in [-0.4, -0.2) is 26.2 Å². The van der Waals surface area contributed by atoms with E-state index in [2.05, 4.69) is 23.1 Å². The van der Waals surface area contributed by atoms with E-state index in [0.717, 1.165) is 30.7 Å². The van der Waals surface area contributed by atoms with Crippen LogP contribution < -0.4 is 15.4 Å². The van der Waals surface area contributed by atoms with Gasteiger partial charge in [-0.25, -0.2) is 0 Å². The lowest BCUT2D eigenvalue weighted by Crippen LogP contribution is -2.58. The van der Waals surface area contributed by atoms with E-state index < -0.39 is 0 Å². The van der Waals surface area contributed by atoms with E-state index in [1.54, 1.807) is 7.11 Å². The van der Waals surface area contributed by atoms with Gasteiger partial charge in [-0.3, -0.25) is 0 Å². The number of hydrogen-bond acceptors (Lipinski definition) is 3. The van der Waals surface area contributed by atoms with Crippen molar-refractivity contribution < 1.29 is 4.74 Å². The molecule has 1 unspecified atom stereocenters. The van der Waals surface area contributed by atoms with Gasteiger partial charge in [0.15, 0.2) is 0 Å². The Kier molecular flexibility index (Phi) is 2.71. The summed E-state index contributed by atoms with van der Waals surface area (Å²) < 4.78 is 5.29. The van der Waals surface area contributed by atoms with E-state index in [9.17, 15) is 0 Å². The molecule has 1 aliphatic carbocycles. The van der Waals surface area contributed by atoms with E-state index >= 15 is 0 Å². The van der Waals surface area contributed by atoms with Crippen molar-refractivity contribution in [3.63, 3.8) is 0 Å². The minimum absolute atomic E-state index is 0.520. The van der Waals surface area contributed by atoms with Crippen molar-refractivity contribution in [3.8, 4) is 5.75 Å². The van der Waals surface area contributed by atoms with Crippen LogP contribution in [0.3, 0.4) is 0 Å². The summed E-state index contributed by atoms with van der Waals surface area (Å²) in [6, 6.07) is 8.85. The van der Waals surface area contributed by atoms with Crippen molar-refractivity contribution in [2.75, 3.05) is 25.1 Å². The van der Waals surface area contributed by atoms with E-state index in [1.165, 1.54) is 18.5 Å². The Morgan fingerprint density at radius 1 is 1.41 bits per heavy atom. The van der Waals surface area contributed by atoms with Gasteiger partial charge in [0.2, 0.25) is 0 Å². The van der Waals surface area contributed by atoms with Crippen LogP contribution in [-0.2, 0) is 0 Å². The Hall–Kier alpha value is -1.22. The van der Waals surface area contributed by atoms with Gasteiger partial charge in [-0.2, -0.15) is 0 Å². The Bertz CT molecular complexity index is 401. The summed E-state index contributed by atoms with van der Waals surface area (Å²) in [4.78, 5) is 2.48. The third-order valence-corrected chi connectivity index (χ3v) is 4.30. The van der Waals surface area contributed by atoms with Gasteiger partial charge < -0.3 is 15.4 Å². The van der Waals surface area contributed by atoms with Crippen LogP contribution >= 0.6 is 0 Å². The molecular weight excluding hydrogens is 212 g/mol. The van der Waals surface area contributed by atoms with Gasteiger partial charge in [-0.05, 0) is 36.8 Å². The fraction of sp³-hybridized carbons (Fsp3) is 0.571. The fourth-order valence-electron chi connectivity index (χ4n) is 3.32. The summed E-state index contributed by atoms with van der Waals surface area (Å²) in [5.41, 5.74) is 7.20. The summed E-state index contributed by atoms with van der Waals surface area (Å²) in [5.74, 6) is 2.62. The van der Waals surface area contributed by atoms with Crippen molar-refractivity contribution in [3.05, 3.63) is 24.3 Å². The van der Waals surface area contributed by atoms with Gasteiger partial charge in [0.1, 0.15) is 5.75 Å². The normalized spacial score (nSPS) is 30.9. The molecule has 3 fully saturated rings. The highest BCUT2D eigenvalue weighted by atomic mass is 16.5. The largest absolute Gasteiger partial charge is 0.497 e. The van der Waals surface area contributed by atoms with Crippen LogP contribution in [0.5, 0.6) is 5.75 Å². The first-order valence-corrected chi connectivity index (χ1v) is 6.42. The minimum atomic E-state index is 0.520. The number of piperidine rings is 2. The molecule has 3 nitrogen and oxygen atoms in total. The van der Waals surface area contributed by atoms with Gasteiger partial charge >= 0.3 is 0 Å². The molecule has 2 N–H and O–H groups in total. The fourth-order valence-corrected chi connectivity index (χ4v) is 3.32. The average molecular weight is 232 g/mol. The van der Waals surface area contributed by atoms with Crippen molar-refractivity contribution in [1.82, 2.24) is 0 Å². The smallest absolute Gasteiger partial charge is 0.120 e. The topological polar surface area (TPSA) is 38.5 Å². The molecule has 0 spiro atoms. The molecular formula is C14H20N2O. The summed E-state index contributed by atoms with van der Waals surface area (Å²) in [6.45, 7) is 1.92. The maximum atomic E-state index is 5.94. The minimum Gasteiger partial charge on any atom is -0.497 e. The molecule has 0 amide bonds. The SMILES string of the molecule is COc1cccc(N2CC3CC(C3)C2CN)c1. The molecule has 17 heavy (non-hydrogen) atoms. The second kappa shape index (κ2) is 4.22. The molecule has 4 rings (SSSR count). The molecule has 92 valence electrons. The molecule has 0 aromatic heterocycles. The Labute approximate surface area is 103 Å². The predicted octanol–water partition coefficient (Wildman–Crippen LogP) is 1.87. The summed E-state index contributed by atoms with van der Waals surface area (Å²) >= 11 is 0. The van der Waals surface area contributed by atoms with Crippen LogP contribution in [0, 0.1) is 11.8 Å². The quantitative estimate of drug-likeness (QED) is 0.864. The molecule has 1 aromatic rings. The highest BCUT2D eigenvalue weighted by Gasteiger charge is 2.43. The number of fused-ring (bicyclic) bond motifs is 2. The lowest BCUT2D eigenvalue weighted by molar-refractivity contribution is 0.114. The van der Waals surface area contributed by atoms with Gasteiger partial charge in [0.25, 0.3) is 0 Å². The maximum Gasteiger partial charge on any atom is 0.120 e. The lowest BCUT2D eigenvalue weighted by Gasteiger charge is -2.54. The molecule has 1 saturated carbocycles. The molecule has 2 aliphatic heterocycles. The van der Waals surface area contributed by atoms with Crippen molar-refractivity contribution >= 4 is 5.69 Å². The highest BCUT2D eigenvalue weighted by molar-refractivity contribution is 5.53. The van der Waals surface area contributed by atoms with E-state index in [0.29, 0.717) is 6.04 Å². The van der Waals surface area contributed by atoms with Gasteiger partial charge in [-0.15, -0.1) is 0 Å². The first-order chi connectivity index (χ1) is 8.31. The van der Waals surface area contributed by atoms with Gasteiger partial charge in [0, 0.05) is 30.9 Å². The van der Waals surface area contributed by atoms with E-state index in [-0.39, 0.29) is 0 Å². The van der Waals surface area contributed by atoms with Gasteiger partial charge in [-0.1, -0.05) is 6.07 Å². The third-order valence-electron chi connectivity index (χ3n) is 4.30. The zero-order chi connectivity index (χ0) is 11.8. The maximum absolute atomic E-state index is 5.94. The van der Waals surface area contributed by atoms with Crippen LogP contribution in [0.2, 0.25) is 0 Å². The first kappa shape index (κ1) is 10.9. The Balaban J connectivity index is 1.86. The Morgan fingerprint density at radius 2 is 2.24 bits per heavy atom. The van der Waals surface area contributed by atoms with Crippen LogP contribution in [0.15, 0.2) is 24.3 Å². The third kappa shape index (κ3) is 1.78. The van der Waals surface area contributed by atoms with E-state index in [4.69, 9.17) is 10.5 Å². The average Bonchev–Trinajstić information content (AvgIpc) is 2.37. The molecule has 1 aromatic carbocycles. The van der Waals surface area contributed by atoms with Crippen molar-refractivity contribution in [2.45, 2.75) is 18.9 Å². The van der Waals surface area contributed by atoms with Crippen LogP contribution in [0.4, 0.5) is 5.69 Å². The van der Waals surface area contributed by atoms with Crippen LogP contribution in [0.25, 0.3) is 0 Å².